The van der Waals surface area contributed by atoms with Gasteiger partial charge in [0.1, 0.15) is 6.54 Å². The van der Waals surface area contributed by atoms with Crippen LogP contribution < -0.4 is 5.32 Å². The number of benzene rings is 1. The molecule has 0 bridgehead atoms. The molecule has 1 aromatic carbocycles. The van der Waals surface area contributed by atoms with Crippen molar-refractivity contribution >= 4 is 53.1 Å². The number of nitrogens with one attached hydrogen (secondary N) is 1. The minimum Gasteiger partial charge on any atom is -0.341 e. The zero-order chi connectivity index (χ0) is 19.1. The Morgan fingerprint density at radius 1 is 1.17 bits per heavy atom. The van der Waals surface area contributed by atoms with E-state index in [2.05, 4.69) is 19.8 Å². The zero-order valence-electron chi connectivity index (χ0n) is 16.9. The second kappa shape index (κ2) is 9.64. The molecular weight excluding hydrogens is 441 g/mol. The summed E-state index contributed by atoms with van der Waals surface area (Å²) >= 11 is 1.58. The van der Waals surface area contributed by atoms with Crippen LogP contribution in [0.4, 0.5) is 0 Å². The number of hydrogen-bond donors (Lipinski definition) is 1. The van der Waals surface area contributed by atoms with E-state index in [0.29, 0.717) is 6.54 Å². The number of carbonyl (C=O) groups excluding carboxylic acids is 1. The predicted octanol–water partition coefficient (Wildman–Crippen LogP) is 3.77. The van der Waals surface area contributed by atoms with E-state index in [9.17, 15) is 4.79 Å². The molecular formula is C21H27Cl2N5OS. The van der Waals surface area contributed by atoms with Crippen LogP contribution in [0.5, 0.6) is 0 Å². The lowest BCUT2D eigenvalue weighted by Gasteiger charge is -2.22. The second-order valence-electron chi connectivity index (χ2n) is 7.91. The van der Waals surface area contributed by atoms with E-state index in [1.165, 1.54) is 0 Å². The summed E-state index contributed by atoms with van der Waals surface area (Å²) in [4.78, 5) is 25.6. The first-order valence-corrected chi connectivity index (χ1v) is 10.9. The molecule has 30 heavy (non-hydrogen) atoms. The number of amides is 1. The van der Waals surface area contributed by atoms with E-state index in [1.54, 1.807) is 11.3 Å². The minimum atomic E-state index is 0. The van der Waals surface area contributed by atoms with E-state index in [-0.39, 0.29) is 30.7 Å². The number of thiazole rings is 1. The summed E-state index contributed by atoms with van der Waals surface area (Å²) < 4.78 is 2.07. The number of aromatic nitrogens is 3. The van der Waals surface area contributed by atoms with E-state index in [4.69, 9.17) is 4.98 Å². The Labute approximate surface area is 192 Å². The molecule has 2 aliphatic heterocycles. The Bertz CT molecular complexity index is 1010. The van der Waals surface area contributed by atoms with Gasteiger partial charge in [0.15, 0.2) is 5.82 Å². The van der Waals surface area contributed by atoms with Crippen LogP contribution in [0.3, 0.4) is 0 Å². The molecule has 2 aromatic heterocycles. The van der Waals surface area contributed by atoms with Gasteiger partial charge in [0.05, 0.1) is 27.1 Å². The molecule has 2 aliphatic rings. The first-order chi connectivity index (χ1) is 13.7. The number of aryl methyl sites for hydroxylation is 1. The van der Waals surface area contributed by atoms with Crippen LogP contribution in [0, 0.1) is 18.8 Å². The maximum Gasteiger partial charge on any atom is 0.242 e. The average Bonchev–Trinajstić information content (AvgIpc) is 3.38. The molecule has 0 spiro atoms. The second-order valence-corrected chi connectivity index (χ2v) is 8.77. The number of para-hydroxylation sites is 2. The maximum absolute atomic E-state index is 13.2. The molecule has 2 saturated heterocycles. The molecule has 0 unspecified atom stereocenters. The highest BCUT2D eigenvalue weighted by Gasteiger charge is 2.31. The summed E-state index contributed by atoms with van der Waals surface area (Å²) in [5.74, 6) is 2.49. The lowest BCUT2D eigenvalue weighted by atomic mass is 9.92. The molecule has 2 atom stereocenters. The van der Waals surface area contributed by atoms with Crippen molar-refractivity contribution in [2.75, 3.05) is 26.2 Å². The van der Waals surface area contributed by atoms with Gasteiger partial charge in [0.25, 0.3) is 0 Å². The first-order valence-electron chi connectivity index (χ1n) is 10.0. The van der Waals surface area contributed by atoms with Crippen molar-refractivity contribution < 1.29 is 4.79 Å². The lowest BCUT2D eigenvalue weighted by molar-refractivity contribution is -0.131. The molecule has 1 amide bonds. The van der Waals surface area contributed by atoms with Crippen LogP contribution >= 0.6 is 36.2 Å². The number of rotatable bonds is 3. The molecule has 0 radical (unpaired) electrons. The summed E-state index contributed by atoms with van der Waals surface area (Å²) in [5, 5.41) is 3.50. The molecule has 0 saturated carbocycles. The topological polar surface area (TPSA) is 63.1 Å². The highest BCUT2D eigenvalue weighted by atomic mass is 35.5. The molecule has 6 nitrogen and oxygen atoms in total. The predicted molar refractivity (Wildman–Crippen MR) is 126 cm³/mol. The number of nitrogens with zero attached hydrogens (tertiary/aromatic N) is 4. The Hall–Kier alpha value is -1.67. The Morgan fingerprint density at radius 2 is 1.87 bits per heavy atom. The van der Waals surface area contributed by atoms with Crippen molar-refractivity contribution in [2.45, 2.75) is 26.3 Å². The Balaban J connectivity index is 0.00000128. The number of imidazole rings is 1. The van der Waals surface area contributed by atoms with Crippen molar-refractivity contribution in [1.29, 1.82) is 0 Å². The molecule has 1 N–H and O–H groups in total. The number of fused-ring (bicyclic) bond motifs is 2. The Morgan fingerprint density at radius 3 is 2.53 bits per heavy atom. The number of likely N-dealkylation sites (tertiary alicyclic amines) is 1. The molecule has 162 valence electrons. The van der Waals surface area contributed by atoms with E-state index >= 15 is 0 Å². The van der Waals surface area contributed by atoms with Crippen LogP contribution in [0.15, 0.2) is 29.8 Å². The van der Waals surface area contributed by atoms with Crippen molar-refractivity contribution in [1.82, 2.24) is 24.8 Å². The van der Waals surface area contributed by atoms with Crippen LogP contribution in [0.2, 0.25) is 0 Å². The highest BCUT2D eigenvalue weighted by Crippen LogP contribution is 2.31. The number of hydrogen-bond acceptors (Lipinski definition) is 5. The fraction of sp³-hybridized carbons (Fsp3) is 0.476. The summed E-state index contributed by atoms with van der Waals surface area (Å²) in [6, 6.07) is 8.06. The van der Waals surface area contributed by atoms with Crippen molar-refractivity contribution in [3.05, 3.63) is 35.5 Å². The molecule has 4 heterocycles. The van der Waals surface area contributed by atoms with Crippen LogP contribution in [-0.4, -0.2) is 51.5 Å². The van der Waals surface area contributed by atoms with Gasteiger partial charge in [0, 0.05) is 13.1 Å². The van der Waals surface area contributed by atoms with E-state index < -0.39 is 0 Å². The fourth-order valence-electron chi connectivity index (χ4n) is 4.63. The third-order valence-electron chi connectivity index (χ3n) is 6.27. The van der Waals surface area contributed by atoms with Crippen molar-refractivity contribution in [3.63, 3.8) is 0 Å². The monoisotopic (exact) mass is 467 g/mol. The molecule has 3 aromatic rings. The maximum atomic E-state index is 13.2. The summed E-state index contributed by atoms with van der Waals surface area (Å²) in [6.07, 6.45) is 2.21. The quantitative estimate of drug-likeness (QED) is 0.636. The molecule has 9 heteroatoms. The van der Waals surface area contributed by atoms with Crippen LogP contribution in [0.25, 0.3) is 21.7 Å². The van der Waals surface area contributed by atoms with Crippen molar-refractivity contribution in [3.8, 4) is 10.7 Å². The first kappa shape index (κ1) is 23.0. The van der Waals surface area contributed by atoms with Gasteiger partial charge < -0.3 is 14.8 Å². The Kier molecular flexibility index (Phi) is 7.39. The molecule has 0 aliphatic carbocycles. The van der Waals surface area contributed by atoms with E-state index in [0.717, 1.165) is 78.3 Å². The smallest absolute Gasteiger partial charge is 0.242 e. The van der Waals surface area contributed by atoms with E-state index in [1.807, 2.05) is 36.7 Å². The van der Waals surface area contributed by atoms with Crippen LogP contribution in [-0.2, 0) is 11.3 Å². The number of carbonyl (C=O) groups is 1. The SMILES string of the molecule is Cc1ncsc1-c1nc2ccccc2n1CC(=O)N1CC[C@@H]2CNC[C@@H]2CC1.Cl.Cl. The van der Waals surface area contributed by atoms with Gasteiger partial charge in [0.2, 0.25) is 5.91 Å². The third-order valence-corrected chi connectivity index (χ3v) is 7.19. The molecule has 2 fully saturated rings. The molecule has 5 rings (SSSR count). The van der Waals surface area contributed by atoms with Gasteiger partial charge in [-0.25, -0.2) is 9.97 Å². The van der Waals surface area contributed by atoms with Gasteiger partial charge >= 0.3 is 0 Å². The summed E-state index contributed by atoms with van der Waals surface area (Å²) in [6.45, 7) is 6.27. The van der Waals surface area contributed by atoms with Gasteiger partial charge in [-0.2, -0.15) is 0 Å². The fourth-order valence-corrected chi connectivity index (χ4v) is 5.43. The standard InChI is InChI=1S/C21H25N5OS.2ClH/c1-14-20(28-13-23-14)21-24-17-4-2-3-5-18(17)26(21)12-19(27)25-8-6-15-10-22-11-16(15)7-9-25;;/h2-5,13,15-16,22H,6-12H2,1H3;2*1H/t15-,16+;;. The summed E-state index contributed by atoms with van der Waals surface area (Å²) in [7, 11) is 0. The number of halogens is 2. The summed E-state index contributed by atoms with van der Waals surface area (Å²) in [5.41, 5.74) is 4.74. The zero-order valence-corrected chi connectivity index (χ0v) is 19.4. The van der Waals surface area contributed by atoms with Gasteiger partial charge in [-0.1, -0.05) is 12.1 Å². The van der Waals surface area contributed by atoms with Crippen LogP contribution in [0.1, 0.15) is 18.5 Å². The third kappa shape index (κ3) is 4.21. The minimum absolute atomic E-state index is 0. The van der Waals surface area contributed by atoms with Crippen molar-refractivity contribution in [2.24, 2.45) is 11.8 Å². The average molecular weight is 468 g/mol. The van der Waals surface area contributed by atoms with Gasteiger partial charge in [-0.05, 0) is 56.8 Å². The highest BCUT2D eigenvalue weighted by molar-refractivity contribution is 7.13. The largest absolute Gasteiger partial charge is 0.341 e. The lowest BCUT2D eigenvalue weighted by Crippen LogP contribution is -2.35. The van der Waals surface area contributed by atoms with Gasteiger partial charge in [-0.3, -0.25) is 4.79 Å². The van der Waals surface area contributed by atoms with Gasteiger partial charge in [-0.15, -0.1) is 36.2 Å². The normalized spacial score (nSPS) is 20.9.